The van der Waals surface area contributed by atoms with Gasteiger partial charge in [-0.2, -0.15) is 18.3 Å². The Hall–Kier alpha value is -4.25. The van der Waals surface area contributed by atoms with E-state index in [9.17, 15) is 26.4 Å². The van der Waals surface area contributed by atoms with Gasteiger partial charge in [0.25, 0.3) is 5.91 Å². The van der Waals surface area contributed by atoms with Crippen molar-refractivity contribution in [2.45, 2.75) is 19.5 Å². The van der Waals surface area contributed by atoms with Crippen LogP contribution in [-0.2, 0) is 14.8 Å². The molecule has 12 nitrogen and oxygen atoms in total. The van der Waals surface area contributed by atoms with Gasteiger partial charge in [-0.3, -0.25) is 14.6 Å². The number of aliphatic carboxylic acids is 1. The minimum atomic E-state index is -5.08. The number of anilines is 2. The number of carbonyl (C=O) groups is 2. The van der Waals surface area contributed by atoms with Gasteiger partial charge < -0.3 is 15.2 Å². The maximum absolute atomic E-state index is 12.5. The normalized spacial score (nSPS) is 11.4. The molecular formula is C22H21F3N6O6S2. The summed E-state index contributed by atoms with van der Waals surface area (Å²) in [6.45, 7) is 1.78. The summed E-state index contributed by atoms with van der Waals surface area (Å²) >= 11 is 1.33. The first-order chi connectivity index (χ1) is 18.3. The third-order valence-electron chi connectivity index (χ3n) is 4.83. The van der Waals surface area contributed by atoms with Gasteiger partial charge >= 0.3 is 12.1 Å². The Labute approximate surface area is 223 Å². The summed E-state index contributed by atoms with van der Waals surface area (Å²) in [5.41, 5.74) is 4.69. The predicted molar refractivity (Wildman–Crippen MR) is 137 cm³/mol. The first-order valence-electron chi connectivity index (χ1n) is 10.9. The lowest BCUT2D eigenvalue weighted by atomic mass is 10.0. The van der Waals surface area contributed by atoms with Crippen LogP contribution in [-0.4, -0.2) is 64.6 Å². The van der Waals surface area contributed by atoms with Gasteiger partial charge in [-0.15, -0.1) is 11.3 Å². The second-order valence-corrected chi connectivity index (χ2v) is 10.2. The van der Waals surface area contributed by atoms with Crippen LogP contribution in [0.1, 0.15) is 23.8 Å². The number of carbonyl (C=O) groups excluding carboxylic acids is 1. The zero-order valence-corrected chi connectivity index (χ0v) is 21.9. The SMILES string of the molecule is CCCS(=O)(=O)Nc1cc(-c2cc(NC(=O)c3cscn3)c3cn[nH]c3c2)cnc1OC.O=C(O)C(F)(F)F. The number of pyridine rings is 1. The van der Waals surface area contributed by atoms with Gasteiger partial charge in [-0.05, 0) is 30.2 Å². The Balaban J connectivity index is 0.000000532. The highest BCUT2D eigenvalue weighted by molar-refractivity contribution is 7.92. The third-order valence-corrected chi connectivity index (χ3v) is 6.89. The fourth-order valence-electron chi connectivity index (χ4n) is 3.17. The molecule has 4 N–H and O–H groups in total. The van der Waals surface area contributed by atoms with Crippen LogP contribution in [0.25, 0.3) is 22.0 Å². The van der Waals surface area contributed by atoms with E-state index in [-0.39, 0.29) is 23.2 Å². The minimum absolute atomic E-state index is 0.0206. The van der Waals surface area contributed by atoms with Gasteiger partial charge in [-0.25, -0.2) is 23.2 Å². The van der Waals surface area contributed by atoms with E-state index in [0.717, 1.165) is 5.39 Å². The molecule has 0 aliphatic rings. The molecule has 208 valence electrons. The molecule has 0 aliphatic heterocycles. The Kier molecular flexibility index (Phi) is 9.08. The number of alkyl halides is 3. The highest BCUT2D eigenvalue weighted by Gasteiger charge is 2.38. The first-order valence-corrected chi connectivity index (χ1v) is 13.5. The summed E-state index contributed by atoms with van der Waals surface area (Å²) < 4.78 is 64.1. The molecule has 4 aromatic rings. The van der Waals surface area contributed by atoms with Crippen LogP contribution < -0.4 is 14.8 Å². The number of amides is 1. The van der Waals surface area contributed by atoms with Gasteiger partial charge in [0.1, 0.15) is 11.4 Å². The molecule has 1 amide bonds. The molecule has 3 heterocycles. The molecule has 0 radical (unpaired) electrons. The molecule has 0 bridgehead atoms. The number of aromatic amines is 1. The number of nitrogens with one attached hydrogen (secondary N) is 3. The van der Waals surface area contributed by atoms with E-state index in [0.29, 0.717) is 34.4 Å². The van der Waals surface area contributed by atoms with Crippen molar-refractivity contribution in [3.63, 3.8) is 0 Å². The van der Waals surface area contributed by atoms with E-state index in [1.807, 2.05) is 6.07 Å². The Morgan fingerprint density at radius 2 is 1.82 bits per heavy atom. The molecule has 0 atom stereocenters. The Morgan fingerprint density at radius 3 is 2.41 bits per heavy atom. The largest absolute Gasteiger partial charge is 0.490 e. The lowest BCUT2D eigenvalue weighted by Crippen LogP contribution is -2.21. The van der Waals surface area contributed by atoms with Crippen LogP contribution in [0, 0.1) is 0 Å². The lowest BCUT2D eigenvalue weighted by molar-refractivity contribution is -0.192. The second-order valence-electron chi connectivity index (χ2n) is 7.69. The number of benzene rings is 1. The molecule has 0 saturated heterocycles. The van der Waals surface area contributed by atoms with E-state index in [1.165, 1.54) is 18.4 Å². The quantitative estimate of drug-likeness (QED) is 0.236. The highest BCUT2D eigenvalue weighted by Crippen LogP contribution is 2.33. The molecule has 0 spiro atoms. The molecule has 0 saturated carbocycles. The van der Waals surface area contributed by atoms with Crippen molar-refractivity contribution in [1.29, 1.82) is 0 Å². The monoisotopic (exact) mass is 586 g/mol. The number of thiazole rings is 1. The van der Waals surface area contributed by atoms with E-state index in [2.05, 4.69) is 30.2 Å². The first kappa shape index (κ1) is 29.3. The number of rotatable bonds is 8. The number of nitrogens with zero attached hydrogens (tertiary/aromatic N) is 3. The van der Waals surface area contributed by atoms with E-state index < -0.39 is 22.2 Å². The zero-order valence-electron chi connectivity index (χ0n) is 20.2. The molecule has 0 aliphatic carbocycles. The molecular weight excluding hydrogens is 565 g/mol. The summed E-state index contributed by atoms with van der Waals surface area (Å²) in [4.78, 5) is 29.7. The Bertz CT molecular complexity index is 1570. The molecule has 1 aromatic carbocycles. The summed E-state index contributed by atoms with van der Waals surface area (Å²) in [6.07, 6.45) is -1.42. The van der Waals surface area contributed by atoms with Gasteiger partial charge in [-0.1, -0.05) is 6.92 Å². The van der Waals surface area contributed by atoms with Crippen molar-refractivity contribution in [3.8, 4) is 17.0 Å². The molecule has 0 unspecified atom stereocenters. The summed E-state index contributed by atoms with van der Waals surface area (Å²) in [5.74, 6) is -2.96. The number of aromatic nitrogens is 4. The summed E-state index contributed by atoms with van der Waals surface area (Å²) in [7, 11) is -2.12. The van der Waals surface area contributed by atoms with Crippen molar-refractivity contribution < 1.29 is 41.0 Å². The number of hydrogen-bond acceptors (Lipinski definition) is 9. The van der Waals surface area contributed by atoms with Crippen molar-refractivity contribution in [2.75, 3.05) is 22.9 Å². The fraction of sp³-hybridized carbons (Fsp3) is 0.227. The average Bonchev–Trinajstić information content (AvgIpc) is 3.56. The lowest BCUT2D eigenvalue weighted by Gasteiger charge is -2.13. The van der Waals surface area contributed by atoms with Gasteiger partial charge in [0.2, 0.25) is 15.9 Å². The predicted octanol–water partition coefficient (Wildman–Crippen LogP) is 4.13. The molecule has 39 heavy (non-hydrogen) atoms. The number of hydrogen-bond donors (Lipinski definition) is 4. The van der Waals surface area contributed by atoms with Crippen molar-refractivity contribution in [3.05, 3.63) is 47.2 Å². The van der Waals surface area contributed by atoms with E-state index >= 15 is 0 Å². The second kappa shape index (κ2) is 12.1. The zero-order chi connectivity index (χ0) is 28.8. The molecule has 17 heteroatoms. The number of fused-ring (bicyclic) bond motifs is 1. The number of carboxylic acid groups (broad SMARTS) is 1. The summed E-state index contributed by atoms with van der Waals surface area (Å²) in [5, 5.41) is 19.3. The maximum Gasteiger partial charge on any atom is 0.490 e. The van der Waals surface area contributed by atoms with Crippen LogP contribution in [0.4, 0.5) is 24.5 Å². The van der Waals surface area contributed by atoms with Crippen molar-refractivity contribution >= 4 is 55.5 Å². The van der Waals surface area contributed by atoms with E-state index in [4.69, 9.17) is 14.6 Å². The average molecular weight is 587 g/mol. The topological polar surface area (TPSA) is 176 Å². The van der Waals surface area contributed by atoms with Crippen molar-refractivity contribution in [1.82, 2.24) is 20.2 Å². The standard InChI is InChI=1S/C20H20N6O4S2.C2HF3O2/c1-3-4-32(28,29)26-17-7-13(8-21-20(17)30-2)12-5-15(14-9-23-25-16(14)6-12)24-19(27)18-10-31-11-22-18;3-2(4,5)1(6)7/h5-11,26H,3-4H2,1-2H3,(H,23,25)(H,24,27);(H,6,7). The minimum Gasteiger partial charge on any atom is -0.480 e. The van der Waals surface area contributed by atoms with Crippen LogP contribution in [0.5, 0.6) is 5.88 Å². The number of ether oxygens (including phenoxy) is 1. The number of halogens is 3. The molecule has 0 fully saturated rings. The van der Waals surface area contributed by atoms with Crippen LogP contribution >= 0.6 is 11.3 Å². The summed E-state index contributed by atoms with van der Waals surface area (Å²) in [6, 6.07) is 5.26. The van der Waals surface area contributed by atoms with Crippen molar-refractivity contribution in [2.24, 2.45) is 0 Å². The van der Waals surface area contributed by atoms with Crippen LogP contribution in [0.15, 0.2) is 41.5 Å². The maximum atomic E-state index is 12.5. The van der Waals surface area contributed by atoms with E-state index in [1.54, 1.807) is 42.3 Å². The smallest absolute Gasteiger partial charge is 0.480 e. The van der Waals surface area contributed by atoms with Crippen LogP contribution in [0.2, 0.25) is 0 Å². The molecule has 4 rings (SSSR count). The highest BCUT2D eigenvalue weighted by atomic mass is 32.2. The third kappa shape index (κ3) is 7.64. The molecule has 3 aromatic heterocycles. The fourth-order valence-corrected chi connectivity index (χ4v) is 4.82. The van der Waals surface area contributed by atoms with Gasteiger partial charge in [0.05, 0.1) is 35.8 Å². The van der Waals surface area contributed by atoms with Crippen LogP contribution in [0.3, 0.4) is 0 Å². The Morgan fingerprint density at radius 1 is 1.13 bits per heavy atom. The van der Waals surface area contributed by atoms with Gasteiger partial charge in [0.15, 0.2) is 0 Å². The number of methoxy groups -OCH3 is 1. The number of sulfonamides is 1. The van der Waals surface area contributed by atoms with Gasteiger partial charge in [0, 0.05) is 22.5 Å². The number of carboxylic acids is 1. The number of H-pyrrole nitrogens is 1.